The summed E-state index contributed by atoms with van der Waals surface area (Å²) in [5.74, 6) is 0.428. The van der Waals surface area contributed by atoms with E-state index in [9.17, 15) is 9.59 Å². The molecule has 3 atom stereocenters. The number of ether oxygens (including phenoxy) is 1. The Balaban J connectivity index is 1.64. The standard InChI is InChI=1S/C35H27NO3S/c1-22(37)29-23(2)39-35(26-18-10-5-11-19-26)31(29)30(24-14-6-3-7-15-24)34-36(27-20-12-13-21-28(27)40-34)33(35)32(38)25-16-8-4-9-17-25/h3-21,33-34H,1-2H3/t33-,34+,35-/m1/s1. The summed E-state index contributed by atoms with van der Waals surface area (Å²) < 4.78 is 6.97. The van der Waals surface area contributed by atoms with Gasteiger partial charge in [-0.15, -0.1) is 0 Å². The molecular weight excluding hydrogens is 514 g/mol. The van der Waals surface area contributed by atoms with E-state index in [-0.39, 0.29) is 16.9 Å². The van der Waals surface area contributed by atoms with Crippen LogP contribution in [0.4, 0.5) is 5.69 Å². The lowest BCUT2D eigenvalue weighted by molar-refractivity contribution is -0.113. The Labute approximate surface area is 238 Å². The summed E-state index contributed by atoms with van der Waals surface area (Å²) in [5, 5.41) is -0.229. The lowest BCUT2D eigenvalue weighted by atomic mass is 9.69. The zero-order valence-corrected chi connectivity index (χ0v) is 23.0. The summed E-state index contributed by atoms with van der Waals surface area (Å²) in [5.41, 5.74) is 4.58. The molecule has 0 aliphatic carbocycles. The van der Waals surface area contributed by atoms with Gasteiger partial charge in [-0.1, -0.05) is 115 Å². The van der Waals surface area contributed by atoms with Crippen LogP contribution in [0.1, 0.15) is 35.3 Å². The number of para-hydroxylation sites is 1. The van der Waals surface area contributed by atoms with Crippen molar-refractivity contribution in [3.63, 3.8) is 0 Å². The molecule has 0 fully saturated rings. The van der Waals surface area contributed by atoms with Gasteiger partial charge in [0.05, 0.1) is 11.3 Å². The third-order valence-corrected chi connectivity index (χ3v) is 9.33. The molecule has 0 N–H and O–H groups in total. The summed E-state index contributed by atoms with van der Waals surface area (Å²) in [7, 11) is 0. The van der Waals surface area contributed by atoms with Crippen molar-refractivity contribution in [3.8, 4) is 0 Å². The van der Waals surface area contributed by atoms with Gasteiger partial charge in [0.25, 0.3) is 0 Å². The fraction of sp³-hybridized carbons (Fsp3) is 0.143. The monoisotopic (exact) mass is 541 g/mol. The van der Waals surface area contributed by atoms with Crippen LogP contribution in [0.5, 0.6) is 0 Å². The van der Waals surface area contributed by atoms with E-state index in [1.54, 1.807) is 18.7 Å². The Morgan fingerprint density at radius 2 is 1.40 bits per heavy atom. The zero-order valence-electron chi connectivity index (χ0n) is 22.2. The van der Waals surface area contributed by atoms with Crippen LogP contribution in [0, 0.1) is 0 Å². The van der Waals surface area contributed by atoms with E-state index in [2.05, 4.69) is 29.2 Å². The fourth-order valence-corrected chi connectivity index (χ4v) is 7.96. The van der Waals surface area contributed by atoms with E-state index in [0.717, 1.165) is 32.9 Å². The number of allylic oxidation sites excluding steroid dienone is 1. The van der Waals surface area contributed by atoms with Crippen LogP contribution < -0.4 is 4.90 Å². The second-order valence-corrected chi connectivity index (χ2v) is 11.4. The number of nitrogens with zero attached hydrogens (tertiary/aromatic N) is 1. The number of rotatable bonds is 5. The third kappa shape index (κ3) is 3.47. The molecule has 3 aliphatic rings. The maximum atomic E-state index is 14.8. The van der Waals surface area contributed by atoms with Crippen molar-refractivity contribution in [3.05, 3.63) is 149 Å². The van der Waals surface area contributed by atoms with Crippen molar-refractivity contribution >= 4 is 34.6 Å². The minimum absolute atomic E-state index is 0.0473. The van der Waals surface area contributed by atoms with Crippen LogP contribution in [0.15, 0.2) is 137 Å². The van der Waals surface area contributed by atoms with Gasteiger partial charge in [0.1, 0.15) is 17.2 Å². The van der Waals surface area contributed by atoms with Crippen molar-refractivity contribution in [2.75, 3.05) is 4.90 Å². The van der Waals surface area contributed by atoms with Crippen molar-refractivity contribution < 1.29 is 14.3 Å². The Hall–Kier alpha value is -4.35. The SMILES string of the molecule is CC(=O)C1=C(C)O[C@]2(c3ccccc3)C1=C(c1ccccc1)[C@@H]1Sc3ccccc3N1[C@@H]2C(=O)c1ccccc1. The number of hydrogen-bond donors (Lipinski definition) is 0. The number of Topliss-reactive ketones (excluding diaryl/α,β-unsaturated/α-hetero) is 2. The second-order valence-electron chi connectivity index (χ2n) is 10.3. The highest BCUT2D eigenvalue weighted by molar-refractivity contribution is 8.01. The first-order valence-corrected chi connectivity index (χ1v) is 14.3. The average molecular weight is 542 g/mol. The topological polar surface area (TPSA) is 46.6 Å². The van der Waals surface area contributed by atoms with E-state index >= 15 is 0 Å². The first-order chi connectivity index (χ1) is 19.5. The third-order valence-electron chi connectivity index (χ3n) is 8.05. The van der Waals surface area contributed by atoms with Gasteiger partial charge in [-0.3, -0.25) is 9.59 Å². The Kier molecular flexibility index (Phi) is 5.79. The van der Waals surface area contributed by atoms with Gasteiger partial charge in [-0.2, -0.15) is 0 Å². The predicted molar refractivity (Wildman–Crippen MR) is 159 cm³/mol. The Morgan fingerprint density at radius 1 is 0.800 bits per heavy atom. The summed E-state index contributed by atoms with van der Waals surface area (Å²) in [6, 6.07) is 37.0. The van der Waals surface area contributed by atoms with Gasteiger partial charge in [-0.05, 0) is 31.5 Å². The van der Waals surface area contributed by atoms with E-state index < -0.39 is 11.6 Å². The zero-order chi connectivity index (χ0) is 27.4. The molecular formula is C35H27NO3S. The number of fused-ring (bicyclic) bond motifs is 4. The minimum Gasteiger partial charge on any atom is -0.479 e. The highest BCUT2D eigenvalue weighted by Gasteiger charge is 2.64. The van der Waals surface area contributed by atoms with Crippen LogP contribution in [0.2, 0.25) is 0 Å². The van der Waals surface area contributed by atoms with Crippen LogP contribution in [-0.2, 0) is 15.1 Å². The summed E-state index contributed by atoms with van der Waals surface area (Å²) in [6.45, 7) is 3.45. The highest BCUT2D eigenvalue weighted by Crippen LogP contribution is 2.63. The van der Waals surface area contributed by atoms with E-state index in [1.807, 2.05) is 97.9 Å². The molecule has 7 rings (SSSR count). The second kappa shape index (κ2) is 9.39. The Morgan fingerprint density at radius 3 is 2.08 bits per heavy atom. The highest BCUT2D eigenvalue weighted by atomic mass is 32.2. The van der Waals surface area contributed by atoms with Gasteiger partial charge in [-0.25, -0.2) is 0 Å². The average Bonchev–Trinajstić information content (AvgIpc) is 3.52. The summed E-state index contributed by atoms with van der Waals surface area (Å²) in [6.07, 6.45) is 0. The molecule has 3 aliphatic heterocycles. The van der Waals surface area contributed by atoms with Gasteiger partial charge >= 0.3 is 0 Å². The molecule has 4 aromatic carbocycles. The number of carbonyl (C=O) groups excluding carboxylic acids is 2. The predicted octanol–water partition coefficient (Wildman–Crippen LogP) is 7.43. The number of anilines is 1. The van der Waals surface area contributed by atoms with Crippen LogP contribution in [0.3, 0.4) is 0 Å². The molecule has 0 unspecified atom stereocenters. The lowest BCUT2D eigenvalue weighted by Gasteiger charge is -2.50. The molecule has 0 spiro atoms. The molecule has 196 valence electrons. The molecule has 0 saturated heterocycles. The summed E-state index contributed by atoms with van der Waals surface area (Å²) in [4.78, 5) is 31.6. The lowest BCUT2D eigenvalue weighted by Crippen LogP contribution is -2.61. The molecule has 0 amide bonds. The Bertz CT molecular complexity index is 1710. The van der Waals surface area contributed by atoms with Crippen LogP contribution >= 0.6 is 11.8 Å². The number of carbonyl (C=O) groups is 2. The number of hydrogen-bond acceptors (Lipinski definition) is 5. The molecule has 0 aromatic heterocycles. The van der Waals surface area contributed by atoms with Gasteiger partial charge in [0.15, 0.2) is 17.2 Å². The van der Waals surface area contributed by atoms with Crippen LogP contribution in [0.25, 0.3) is 5.57 Å². The minimum atomic E-state index is -1.24. The molecule has 0 bridgehead atoms. The number of ketones is 2. The van der Waals surface area contributed by atoms with Crippen LogP contribution in [-0.4, -0.2) is 23.0 Å². The molecule has 40 heavy (non-hydrogen) atoms. The maximum absolute atomic E-state index is 14.8. The van der Waals surface area contributed by atoms with E-state index in [0.29, 0.717) is 16.9 Å². The van der Waals surface area contributed by atoms with Crippen molar-refractivity contribution in [1.82, 2.24) is 0 Å². The first kappa shape index (κ1) is 24.7. The van der Waals surface area contributed by atoms with Gasteiger partial charge in [0.2, 0.25) is 0 Å². The number of thioether (sulfide) groups is 1. The van der Waals surface area contributed by atoms with E-state index in [4.69, 9.17) is 4.74 Å². The molecule has 3 heterocycles. The summed E-state index contributed by atoms with van der Waals surface area (Å²) >= 11 is 1.72. The first-order valence-electron chi connectivity index (χ1n) is 13.4. The molecule has 0 radical (unpaired) electrons. The van der Waals surface area contributed by atoms with Crippen molar-refractivity contribution in [2.24, 2.45) is 0 Å². The van der Waals surface area contributed by atoms with E-state index in [1.165, 1.54) is 0 Å². The fourth-order valence-electron chi connectivity index (χ4n) is 6.54. The van der Waals surface area contributed by atoms with Gasteiger partial charge in [0, 0.05) is 27.2 Å². The largest absolute Gasteiger partial charge is 0.479 e. The normalized spacial score (nSPS) is 22.9. The number of benzene rings is 4. The maximum Gasteiger partial charge on any atom is 0.190 e. The van der Waals surface area contributed by atoms with Gasteiger partial charge < -0.3 is 9.64 Å². The van der Waals surface area contributed by atoms with Crippen molar-refractivity contribution in [1.29, 1.82) is 0 Å². The quantitative estimate of drug-likeness (QED) is 0.246. The molecule has 4 nitrogen and oxygen atoms in total. The van der Waals surface area contributed by atoms with Crippen molar-refractivity contribution in [2.45, 2.75) is 35.8 Å². The molecule has 0 saturated carbocycles. The smallest absolute Gasteiger partial charge is 0.190 e. The molecule has 4 aromatic rings. The molecule has 5 heteroatoms.